The van der Waals surface area contributed by atoms with E-state index in [2.05, 4.69) is 11.4 Å². The first-order valence-corrected chi connectivity index (χ1v) is 7.93. The first-order chi connectivity index (χ1) is 10.6. The van der Waals surface area contributed by atoms with Crippen LogP contribution in [0.25, 0.3) is 0 Å². The SMILES string of the molecule is CC(=O)N(CCC1=CCCCC1)CC(=O)Nc1ccccc1. The molecule has 4 heteroatoms. The molecule has 22 heavy (non-hydrogen) atoms. The van der Waals surface area contributed by atoms with E-state index in [1.165, 1.54) is 25.3 Å². The lowest BCUT2D eigenvalue weighted by Crippen LogP contribution is -2.37. The highest BCUT2D eigenvalue weighted by Gasteiger charge is 2.14. The summed E-state index contributed by atoms with van der Waals surface area (Å²) in [5.41, 5.74) is 2.17. The van der Waals surface area contributed by atoms with E-state index in [0.717, 1.165) is 24.9 Å². The summed E-state index contributed by atoms with van der Waals surface area (Å²) in [7, 11) is 0. The Balaban J connectivity index is 1.84. The van der Waals surface area contributed by atoms with Crippen LogP contribution in [0.1, 0.15) is 39.0 Å². The Hall–Kier alpha value is -2.10. The van der Waals surface area contributed by atoms with Gasteiger partial charge in [-0.2, -0.15) is 0 Å². The molecule has 0 radical (unpaired) electrons. The first-order valence-electron chi connectivity index (χ1n) is 7.93. The minimum Gasteiger partial charge on any atom is -0.333 e. The molecule has 1 aliphatic carbocycles. The van der Waals surface area contributed by atoms with E-state index in [9.17, 15) is 9.59 Å². The second-order valence-corrected chi connectivity index (χ2v) is 5.71. The lowest BCUT2D eigenvalue weighted by Gasteiger charge is -2.22. The molecule has 0 saturated heterocycles. The molecule has 0 aromatic heterocycles. The van der Waals surface area contributed by atoms with Gasteiger partial charge >= 0.3 is 0 Å². The number of amides is 2. The lowest BCUT2D eigenvalue weighted by atomic mass is 9.97. The number of hydrogen-bond donors (Lipinski definition) is 1. The normalized spacial score (nSPS) is 14.1. The number of nitrogens with zero attached hydrogens (tertiary/aromatic N) is 1. The molecule has 0 aliphatic heterocycles. The van der Waals surface area contributed by atoms with E-state index in [-0.39, 0.29) is 18.4 Å². The van der Waals surface area contributed by atoms with Gasteiger partial charge in [-0.25, -0.2) is 0 Å². The Morgan fingerprint density at radius 2 is 1.95 bits per heavy atom. The molecule has 2 rings (SSSR count). The van der Waals surface area contributed by atoms with Crippen molar-refractivity contribution in [1.29, 1.82) is 0 Å². The highest BCUT2D eigenvalue weighted by Crippen LogP contribution is 2.20. The third-order valence-corrected chi connectivity index (χ3v) is 3.93. The highest BCUT2D eigenvalue weighted by atomic mass is 16.2. The van der Waals surface area contributed by atoms with E-state index in [1.54, 1.807) is 4.90 Å². The van der Waals surface area contributed by atoms with E-state index in [4.69, 9.17) is 0 Å². The molecule has 2 amide bonds. The number of hydrogen-bond acceptors (Lipinski definition) is 2. The third kappa shape index (κ3) is 5.35. The fourth-order valence-corrected chi connectivity index (χ4v) is 2.65. The van der Waals surface area contributed by atoms with Gasteiger partial charge in [-0.05, 0) is 44.2 Å². The number of allylic oxidation sites excluding steroid dienone is 1. The summed E-state index contributed by atoms with van der Waals surface area (Å²) in [6.45, 7) is 2.24. The van der Waals surface area contributed by atoms with Gasteiger partial charge in [0.1, 0.15) is 0 Å². The van der Waals surface area contributed by atoms with Crippen LogP contribution < -0.4 is 5.32 Å². The van der Waals surface area contributed by atoms with Crippen LogP contribution in [-0.4, -0.2) is 29.8 Å². The molecule has 1 aliphatic rings. The summed E-state index contributed by atoms with van der Waals surface area (Å²) in [6, 6.07) is 9.31. The number of benzene rings is 1. The van der Waals surface area contributed by atoms with Gasteiger partial charge in [0, 0.05) is 19.2 Å². The van der Waals surface area contributed by atoms with Crippen molar-refractivity contribution >= 4 is 17.5 Å². The number of anilines is 1. The maximum Gasteiger partial charge on any atom is 0.243 e. The van der Waals surface area contributed by atoms with Crippen molar-refractivity contribution in [2.24, 2.45) is 0 Å². The van der Waals surface area contributed by atoms with Crippen LogP contribution in [0.4, 0.5) is 5.69 Å². The number of nitrogens with one attached hydrogen (secondary N) is 1. The molecule has 0 spiro atoms. The number of carbonyl (C=O) groups is 2. The average Bonchev–Trinajstić information content (AvgIpc) is 2.53. The van der Waals surface area contributed by atoms with Gasteiger partial charge in [-0.3, -0.25) is 9.59 Å². The zero-order valence-electron chi connectivity index (χ0n) is 13.2. The maximum atomic E-state index is 12.1. The lowest BCUT2D eigenvalue weighted by molar-refractivity contribution is -0.132. The van der Waals surface area contributed by atoms with Crippen LogP contribution in [0.2, 0.25) is 0 Å². The minimum atomic E-state index is -0.154. The standard InChI is InChI=1S/C18H24N2O2/c1-15(21)20(13-12-16-8-4-2-5-9-16)14-18(22)19-17-10-6-3-7-11-17/h3,6-8,10-11H,2,4-5,9,12-14H2,1H3,(H,19,22). The largest absolute Gasteiger partial charge is 0.333 e. The van der Waals surface area contributed by atoms with Crippen molar-refractivity contribution in [2.45, 2.75) is 39.0 Å². The van der Waals surface area contributed by atoms with Crippen molar-refractivity contribution in [3.63, 3.8) is 0 Å². The fourth-order valence-electron chi connectivity index (χ4n) is 2.65. The summed E-state index contributed by atoms with van der Waals surface area (Å²) < 4.78 is 0. The Kier molecular flexibility index (Phi) is 6.19. The maximum absolute atomic E-state index is 12.1. The average molecular weight is 300 g/mol. The molecule has 0 bridgehead atoms. The smallest absolute Gasteiger partial charge is 0.243 e. The molecule has 118 valence electrons. The van der Waals surface area contributed by atoms with Crippen LogP contribution in [0.3, 0.4) is 0 Å². The van der Waals surface area contributed by atoms with Gasteiger partial charge in [0.15, 0.2) is 0 Å². The van der Waals surface area contributed by atoms with Crippen LogP contribution in [0.15, 0.2) is 42.0 Å². The van der Waals surface area contributed by atoms with E-state index in [0.29, 0.717) is 6.54 Å². The predicted octanol–water partition coefficient (Wildman–Crippen LogP) is 3.36. The summed E-state index contributed by atoms with van der Waals surface area (Å²) in [6.07, 6.45) is 7.93. The van der Waals surface area contributed by atoms with Crippen LogP contribution in [0.5, 0.6) is 0 Å². The minimum absolute atomic E-state index is 0.0559. The van der Waals surface area contributed by atoms with Crippen molar-refractivity contribution < 1.29 is 9.59 Å². The molecular formula is C18H24N2O2. The molecule has 0 fully saturated rings. The third-order valence-electron chi connectivity index (χ3n) is 3.93. The predicted molar refractivity (Wildman–Crippen MR) is 88.5 cm³/mol. The summed E-state index contributed by atoms with van der Waals surface area (Å²) in [5.74, 6) is -0.210. The Bertz CT molecular complexity index is 537. The van der Waals surface area contributed by atoms with E-state index < -0.39 is 0 Å². The number of rotatable bonds is 6. The van der Waals surface area contributed by atoms with Gasteiger partial charge in [-0.1, -0.05) is 29.8 Å². The van der Waals surface area contributed by atoms with Gasteiger partial charge in [0.25, 0.3) is 0 Å². The van der Waals surface area contributed by atoms with Crippen molar-refractivity contribution in [3.8, 4) is 0 Å². The number of para-hydroxylation sites is 1. The molecule has 4 nitrogen and oxygen atoms in total. The molecular weight excluding hydrogens is 276 g/mol. The highest BCUT2D eigenvalue weighted by molar-refractivity contribution is 5.94. The fraction of sp³-hybridized carbons (Fsp3) is 0.444. The van der Waals surface area contributed by atoms with Gasteiger partial charge < -0.3 is 10.2 Å². The second-order valence-electron chi connectivity index (χ2n) is 5.71. The zero-order chi connectivity index (χ0) is 15.8. The topological polar surface area (TPSA) is 49.4 Å². The second kappa shape index (κ2) is 8.37. The Labute approximate surface area is 132 Å². The van der Waals surface area contributed by atoms with Crippen molar-refractivity contribution in [1.82, 2.24) is 4.90 Å². The molecule has 1 aromatic rings. The molecule has 0 saturated carbocycles. The molecule has 0 heterocycles. The van der Waals surface area contributed by atoms with Gasteiger partial charge in [0.2, 0.25) is 11.8 Å². The molecule has 1 aromatic carbocycles. The van der Waals surface area contributed by atoms with E-state index >= 15 is 0 Å². The summed E-state index contributed by atoms with van der Waals surface area (Å²) in [4.78, 5) is 25.4. The van der Waals surface area contributed by atoms with Crippen LogP contribution in [0, 0.1) is 0 Å². The van der Waals surface area contributed by atoms with Gasteiger partial charge in [0.05, 0.1) is 6.54 Å². The molecule has 0 atom stereocenters. The summed E-state index contributed by atoms with van der Waals surface area (Å²) >= 11 is 0. The van der Waals surface area contributed by atoms with Gasteiger partial charge in [-0.15, -0.1) is 0 Å². The quantitative estimate of drug-likeness (QED) is 0.819. The Morgan fingerprint density at radius 1 is 1.18 bits per heavy atom. The van der Waals surface area contributed by atoms with Crippen molar-refractivity contribution in [2.75, 3.05) is 18.4 Å². The molecule has 0 unspecified atom stereocenters. The van der Waals surface area contributed by atoms with Crippen LogP contribution in [-0.2, 0) is 9.59 Å². The van der Waals surface area contributed by atoms with Crippen molar-refractivity contribution in [3.05, 3.63) is 42.0 Å². The first kappa shape index (κ1) is 16.3. The van der Waals surface area contributed by atoms with Crippen LogP contribution >= 0.6 is 0 Å². The molecule has 1 N–H and O–H groups in total. The zero-order valence-corrected chi connectivity index (χ0v) is 13.2. The Morgan fingerprint density at radius 3 is 2.59 bits per heavy atom. The summed E-state index contributed by atoms with van der Waals surface area (Å²) in [5, 5.41) is 2.82. The monoisotopic (exact) mass is 300 g/mol. The number of carbonyl (C=O) groups excluding carboxylic acids is 2. The van der Waals surface area contributed by atoms with E-state index in [1.807, 2.05) is 30.3 Å².